The molecule has 0 spiro atoms. The lowest BCUT2D eigenvalue weighted by atomic mass is 9.69. The molecule has 0 amide bonds. The maximum Gasteiger partial charge on any atom is 0.344 e. The van der Waals surface area contributed by atoms with Gasteiger partial charge in [0.25, 0.3) is 0 Å². The Hall–Kier alpha value is -2.64. The molecule has 5 atom stereocenters. The van der Waals surface area contributed by atoms with Crippen molar-refractivity contribution in [3.63, 3.8) is 0 Å². The Morgan fingerprint density at radius 3 is 2.27 bits per heavy atom. The first-order valence-corrected chi connectivity index (χ1v) is 16.0. The van der Waals surface area contributed by atoms with Crippen LogP contribution in [0.5, 0.6) is 0 Å². The van der Waals surface area contributed by atoms with Crippen molar-refractivity contribution in [3.05, 3.63) is 112 Å². The third kappa shape index (κ3) is 6.89. The Kier molecular flexibility index (Phi) is 9.70. The monoisotopic (exact) mass is 613 g/mol. The summed E-state index contributed by atoms with van der Waals surface area (Å²) < 4.78 is 40.3. The molecule has 2 heterocycles. The fraction of sp³-hybridized carbons (Fsp3) is 0.364. The number of rotatable bonds is 6. The number of benzene rings is 3. The lowest BCUT2D eigenvalue weighted by Crippen LogP contribution is -2.45. The number of aryl methyl sites for hydroxylation is 1. The van der Waals surface area contributed by atoms with Gasteiger partial charge in [0.05, 0.1) is 16.2 Å². The first-order chi connectivity index (χ1) is 19.4. The van der Waals surface area contributed by atoms with E-state index in [9.17, 15) is 13.0 Å². The summed E-state index contributed by atoms with van der Waals surface area (Å²) >= 11 is 12.7. The topological polar surface area (TPSA) is 69.4 Å². The zero-order valence-electron chi connectivity index (χ0n) is 23.9. The third-order valence-electron chi connectivity index (χ3n) is 8.11. The molecule has 0 radical (unpaired) electrons. The summed E-state index contributed by atoms with van der Waals surface area (Å²) in [7, 11) is -4.27. The zero-order chi connectivity index (χ0) is 29.9. The molecule has 0 bridgehead atoms. The predicted molar refractivity (Wildman–Crippen MR) is 165 cm³/mol. The van der Waals surface area contributed by atoms with Gasteiger partial charge in [-0.2, -0.15) is 4.58 Å². The van der Waals surface area contributed by atoms with E-state index in [0.29, 0.717) is 6.04 Å². The highest BCUT2D eigenvalue weighted by Gasteiger charge is 2.58. The minimum Gasteiger partial charge on any atom is -0.744 e. The molecule has 5 rings (SSSR count). The standard InChI is InChI=1S/C26H30Cl2NO.C7H8O3S/c1-5-14-26(4)16-22(19-8-7-9-21(28)15-19)24(18-10-12-20(27)13-11-18)29-23(6-2)17(3)30-25(26)29;1-6-2-4-7(5-3-6)11(8,9)10/h5,7-13,15,17,22-24H,1,6,14,16H2,2-4H3;2-5H,1H3,(H,8,9,10)/q+1;/p-1/t17?,22-,23+,24-,26+;/m1./s1. The van der Waals surface area contributed by atoms with Crippen LogP contribution in [0.3, 0.4) is 0 Å². The van der Waals surface area contributed by atoms with E-state index in [2.05, 4.69) is 62.3 Å². The summed E-state index contributed by atoms with van der Waals surface area (Å²) in [6.07, 6.45) is 5.06. The molecular formula is C33H37Cl2NO4S. The van der Waals surface area contributed by atoms with Gasteiger partial charge in [-0.05, 0) is 75.6 Å². The maximum absolute atomic E-state index is 10.4. The van der Waals surface area contributed by atoms with Crippen LogP contribution in [0.25, 0.3) is 0 Å². The van der Waals surface area contributed by atoms with E-state index in [1.165, 1.54) is 23.3 Å². The quantitative estimate of drug-likeness (QED) is 0.159. The molecule has 218 valence electrons. The molecule has 1 unspecified atom stereocenters. The molecule has 5 nitrogen and oxygen atoms in total. The van der Waals surface area contributed by atoms with Gasteiger partial charge in [-0.1, -0.05) is 78.2 Å². The second-order valence-electron chi connectivity index (χ2n) is 11.2. The third-order valence-corrected chi connectivity index (χ3v) is 9.45. The highest BCUT2D eigenvalue weighted by atomic mass is 35.5. The van der Waals surface area contributed by atoms with Crippen molar-refractivity contribution < 1.29 is 22.3 Å². The molecule has 0 fully saturated rings. The summed E-state index contributed by atoms with van der Waals surface area (Å²) in [4.78, 5) is -0.178. The lowest BCUT2D eigenvalue weighted by Gasteiger charge is -2.38. The Morgan fingerprint density at radius 2 is 1.71 bits per heavy atom. The van der Waals surface area contributed by atoms with E-state index in [0.717, 1.165) is 40.8 Å². The van der Waals surface area contributed by atoms with E-state index in [-0.39, 0.29) is 28.4 Å². The van der Waals surface area contributed by atoms with Gasteiger partial charge in [-0.25, -0.2) is 8.42 Å². The van der Waals surface area contributed by atoms with Crippen molar-refractivity contribution in [2.75, 3.05) is 0 Å². The average molecular weight is 615 g/mol. The highest BCUT2D eigenvalue weighted by molar-refractivity contribution is 7.85. The van der Waals surface area contributed by atoms with Crippen LogP contribution >= 0.6 is 23.2 Å². The summed E-state index contributed by atoms with van der Waals surface area (Å²) in [6, 6.07) is 22.9. The van der Waals surface area contributed by atoms with Gasteiger partial charge in [0, 0.05) is 22.0 Å². The Bertz CT molecular complexity index is 1520. The van der Waals surface area contributed by atoms with Crippen LogP contribution in [-0.2, 0) is 14.9 Å². The second-order valence-corrected chi connectivity index (χ2v) is 13.4. The zero-order valence-corrected chi connectivity index (χ0v) is 26.2. The number of allylic oxidation sites excluding steroid dienone is 1. The summed E-state index contributed by atoms with van der Waals surface area (Å²) in [5.74, 6) is 1.39. The normalized spacial score (nSPS) is 25.5. The molecule has 0 aromatic heterocycles. The van der Waals surface area contributed by atoms with Gasteiger partial charge >= 0.3 is 5.90 Å². The van der Waals surface area contributed by atoms with Crippen molar-refractivity contribution in [1.82, 2.24) is 0 Å². The maximum atomic E-state index is 10.4. The number of nitrogens with zero attached hydrogens (tertiary/aromatic N) is 1. The molecule has 2 aliphatic heterocycles. The molecule has 0 saturated carbocycles. The van der Waals surface area contributed by atoms with Crippen molar-refractivity contribution in [1.29, 1.82) is 0 Å². The minimum absolute atomic E-state index is 0.101. The lowest BCUT2D eigenvalue weighted by molar-refractivity contribution is -0.613. The van der Waals surface area contributed by atoms with Gasteiger partial charge in [0.1, 0.15) is 10.1 Å². The number of hydrogen-bond acceptors (Lipinski definition) is 4. The molecule has 0 N–H and O–H groups in total. The van der Waals surface area contributed by atoms with E-state index >= 15 is 0 Å². The molecular weight excluding hydrogens is 577 g/mol. The van der Waals surface area contributed by atoms with E-state index in [1.54, 1.807) is 12.1 Å². The molecule has 41 heavy (non-hydrogen) atoms. The van der Waals surface area contributed by atoms with Crippen molar-refractivity contribution in [2.24, 2.45) is 5.41 Å². The molecule has 2 aliphatic rings. The van der Waals surface area contributed by atoms with Crippen LogP contribution < -0.4 is 0 Å². The average Bonchev–Trinajstić information content (AvgIpc) is 3.26. The summed E-state index contributed by atoms with van der Waals surface area (Å²) in [5, 5.41) is 1.54. The van der Waals surface area contributed by atoms with Crippen LogP contribution in [0.1, 0.15) is 68.7 Å². The summed E-state index contributed by atoms with van der Waals surface area (Å²) in [5.41, 5.74) is 3.36. The first-order valence-electron chi connectivity index (χ1n) is 13.8. The summed E-state index contributed by atoms with van der Waals surface area (Å²) in [6.45, 7) is 12.6. The van der Waals surface area contributed by atoms with Gasteiger partial charge in [0.2, 0.25) is 0 Å². The molecule has 8 heteroatoms. The van der Waals surface area contributed by atoms with E-state index in [1.807, 2.05) is 31.2 Å². The molecule has 0 saturated heterocycles. The Morgan fingerprint density at radius 1 is 1.05 bits per heavy atom. The van der Waals surface area contributed by atoms with Crippen LogP contribution in [-0.4, -0.2) is 35.6 Å². The fourth-order valence-electron chi connectivity index (χ4n) is 6.17. The van der Waals surface area contributed by atoms with Crippen LogP contribution in [0.4, 0.5) is 0 Å². The highest BCUT2D eigenvalue weighted by Crippen LogP contribution is 2.52. The Labute approximate surface area is 254 Å². The number of ether oxygens (including phenoxy) is 1. The van der Waals surface area contributed by atoms with Crippen LogP contribution in [0.2, 0.25) is 10.0 Å². The van der Waals surface area contributed by atoms with Crippen LogP contribution in [0.15, 0.2) is 90.3 Å². The van der Waals surface area contributed by atoms with Crippen molar-refractivity contribution in [3.8, 4) is 0 Å². The minimum atomic E-state index is -4.27. The number of halogens is 2. The molecule has 3 aromatic carbocycles. The van der Waals surface area contributed by atoms with Crippen molar-refractivity contribution in [2.45, 2.75) is 76.0 Å². The van der Waals surface area contributed by atoms with Gasteiger partial charge in [-0.15, -0.1) is 6.58 Å². The smallest absolute Gasteiger partial charge is 0.344 e. The fourth-order valence-corrected chi connectivity index (χ4v) is 6.96. The largest absolute Gasteiger partial charge is 0.744 e. The van der Waals surface area contributed by atoms with Gasteiger partial charge < -0.3 is 9.29 Å². The molecule has 3 aromatic rings. The molecule has 0 aliphatic carbocycles. The SMILES string of the molecule is C=CC[C@@]1(C)C[C@H](c2cccc(Cl)c2)[C@@H](c2ccc(Cl)cc2)[N+]2=C1OC(C)[C@@H]2CC.Cc1ccc(S(=O)(=O)[O-])cc1. The predicted octanol–water partition coefficient (Wildman–Crippen LogP) is 8.31. The van der Waals surface area contributed by atoms with Gasteiger partial charge in [0.15, 0.2) is 18.2 Å². The van der Waals surface area contributed by atoms with Crippen molar-refractivity contribution >= 4 is 39.2 Å². The number of hydrogen-bond donors (Lipinski definition) is 0. The van der Waals surface area contributed by atoms with E-state index in [4.69, 9.17) is 27.9 Å². The van der Waals surface area contributed by atoms with Gasteiger partial charge in [-0.3, -0.25) is 0 Å². The van der Waals surface area contributed by atoms with Crippen LogP contribution in [0, 0.1) is 12.3 Å². The first kappa shape index (κ1) is 31.3. The van der Waals surface area contributed by atoms with E-state index < -0.39 is 10.1 Å². The Balaban J connectivity index is 0.000000296. The second kappa shape index (κ2) is 12.7.